The molecule has 0 aliphatic carbocycles. The normalized spacial score (nSPS) is 13.8. The Bertz CT molecular complexity index is 549. The minimum absolute atomic E-state index is 0.376. The molecule has 2 aromatic carbocycles. The Morgan fingerprint density at radius 2 is 1.89 bits per heavy atom. The van der Waals surface area contributed by atoms with E-state index in [-0.39, 0.29) is 0 Å². The fourth-order valence-electron chi connectivity index (χ4n) is 2.62. The van der Waals surface area contributed by atoms with Crippen molar-refractivity contribution in [2.75, 3.05) is 11.9 Å². The van der Waals surface area contributed by atoms with E-state index in [4.69, 9.17) is 0 Å². The number of nitrogens with one attached hydrogen (secondary N) is 1. The Morgan fingerprint density at radius 1 is 1.06 bits per heavy atom. The summed E-state index contributed by atoms with van der Waals surface area (Å²) in [5, 5.41) is 13.2. The van der Waals surface area contributed by atoms with Gasteiger partial charge in [0.1, 0.15) is 5.75 Å². The summed E-state index contributed by atoms with van der Waals surface area (Å²) in [7, 11) is 0. The van der Waals surface area contributed by atoms with Crippen molar-refractivity contribution in [3.8, 4) is 5.75 Å². The van der Waals surface area contributed by atoms with E-state index in [9.17, 15) is 5.11 Å². The van der Waals surface area contributed by atoms with Crippen LogP contribution >= 0.6 is 0 Å². The fraction of sp³-hybridized carbons (Fsp3) is 0.250. The first-order valence-electron chi connectivity index (χ1n) is 6.46. The Morgan fingerprint density at radius 3 is 2.72 bits per heavy atom. The predicted molar refractivity (Wildman–Crippen MR) is 74.2 cm³/mol. The van der Waals surface area contributed by atoms with Crippen molar-refractivity contribution in [2.45, 2.75) is 19.3 Å². The summed E-state index contributed by atoms with van der Waals surface area (Å²) in [6, 6.07) is 14.3. The van der Waals surface area contributed by atoms with E-state index in [2.05, 4.69) is 29.6 Å². The zero-order valence-electron chi connectivity index (χ0n) is 10.3. The van der Waals surface area contributed by atoms with Crippen LogP contribution in [0.1, 0.15) is 23.1 Å². The lowest BCUT2D eigenvalue weighted by molar-refractivity contribution is 0.475. The van der Waals surface area contributed by atoms with Gasteiger partial charge in [-0.2, -0.15) is 0 Å². The summed E-state index contributed by atoms with van der Waals surface area (Å²) >= 11 is 0. The minimum Gasteiger partial charge on any atom is -0.506 e. The first kappa shape index (κ1) is 11.1. The molecule has 2 nitrogen and oxygen atoms in total. The van der Waals surface area contributed by atoms with Gasteiger partial charge in [0, 0.05) is 6.54 Å². The van der Waals surface area contributed by atoms with Crippen LogP contribution in [-0.2, 0) is 12.8 Å². The average Bonchev–Trinajstić information content (AvgIpc) is 2.44. The number of hydrogen-bond acceptors (Lipinski definition) is 2. The topological polar surface area (TPSA) is 32.3 Å². The lowest BCUT2D eigenvalue weighted by Crippen LogP contribution is -2.13. The molecule has 0 fully saturated rings. The second-order valence-corrected chi connectivity index (χ2v) is 4.79. The van der Waals surface area contributed by atoms with Crippen molar-refractivity contribution >= 4 is 5.69 Å². The maximum absolute atomic E-state index is 9.88. The molecule has 0 saturated heterocycles. The van der Waals surface area contributed by atoms with Crippen LogP contribution in [0.4, 0.5) is 5.69 Å². The molecule has 0 atom stereocenters. The van der Waals surface area contributed by atoms with Crippen molar-refractivity contribution < 1.29 is 5.11 Å². The van der Waals surface area contributed by atoms with E-state index in [1.165, 1.54) is 16.7 Å². The Kier molecular flexibility index (Phi) is 2.93. The van der Waals surface area contributed by atoms with Gasteiger partial charge in [0.05, 0.1) is 5.69 Å². The van der Waals surface area contributed by atoms with Crippen LogP contribution < -0.4 is 5.32 Å². The molecular weight excluding hydrogens is 222 g/mol. The molecule has 2 N–H and O–H groups in total. The van der Waals surface area contributed by atoms with Crippen LogP contribution in [0.25, 0.3) is 0 Å². The zero-order valence-corrected chi connectivity index (χ0v) is 10.3. The van der Waals surface area contributed by atoms with Gasteiger partial charge in [-0.1, -0.05) is 36.4 Å². The maximum Gasteiger partial charge on any atom is 0.138 e. The number of benzene rings is 2. The lowest BCUT2D eigenvalue weighted by Gasteiger charge is -2.22. The van der Waals surface area contributed by atoms with Gasteiger partial charge >= 0.3 is 0 Å². The summed E-state index contributed by atoms with van der Waals surface area (Å²) in [5.41, 5.74) is 4.86. The number of anilines is 1. The molecule has 0 bridgehead atoms. The van der Waals surface area contributed by atoms with Gasteiger partial charge in [-0.3, -0.25) is 0 Å². The second kappa shape index (κ2) is 4.73. The molecule has 0 radical (unpaired) electrons. The van der Waals surface area contributed by atoms with Gasteiger partial charge in [-0.25, -0.2) is 0 Å². The van der Waals surface area contributed by atoms with Gasteiger partial charge in [-0.15, -0.1) is 0 Å². The Hall–Kier alpha value is -1.96. The van der Waals surface area contributed by atoms with Crippen molar-refractivity contribution in [2.24, 2.45) is 0 Å². The third kappa shape index (κ3) is 2.06. The van der Waals surface area contributed by atoms with Crippen LogP contribution in [0.15, 0.2) is 42.5 Å². The highest BCUT2D eigenvalue weighted by atomic mass is 16.3. The number of aromatic hydroxyl groups is 1. The summed E-state index contributed by atoms with van der Waals surface area (Å²) in [6.07, 6.45) is 3.13. The molecule has 0 spiro atoms. The molecule has 2 aromatic rings. The summed E-state index contributed by atoms with van der Waals surface area (Å²) in [6.45, 7) is 0.954. The largest absolute Gasteiger partial charge is 0.506 e. The van der Waals surface area contributed by atoms with Gasteiger partial charge in [-0.05, 0) is 42.0 Å². The van der Waals surface area contributed by atoms with E-state index in [0.29, 0.717) is 5.75 Å². The molecule has 0 amide bonds. The fourth-order valence-corrected chi connectivity index (χ4v) is 2.62. The molecule has 0 saturated carbocycles. The monoisotopic (exact) mass is 239 g/mol. The standard InChI is InChI=1S/C16H17NO/c18-15-9-8-13(11-12-5-2-1-3-6-12)14-7-4-10-17-16(14)15/h1-3,5-6,8-9,17-18H,4,7,10-11H2. The van der Waals surface area contributed by atoms with Gasteiger partial charge < -0.3 is 10.4 Å². The van der Waals surface area contributed by atoms with E-state index in [1.807, 2.05) is 12.1 Å². The third-order valence-corrected chi connectivity index (χ3v) is 3.53. The van der Waals surface area contributed by atoms with Gasteiger partial charge in [0.2, 0.25) is 0 Å². The first-order valence-corrected chi connectivity index (χ1v) is 6.46. The number of phenolic OH excluding ortho intramolecular Hbond substituents is 1. The summed E-state index contributed by atoms with van der Waals surface area (Å²) < 4.78 is 0. The molecule has 2 heteroatoms. The van der Waals surface area contributed by atoms with Crippen LogP contribution in [0.2, 0.25) is 0 Å². The molecule has 0 aromatic heterocycles. The Balaban J connectivity index is 1.98. The molecule has 18 heavy (non-hydrogen) atoms. The predicted octanol–water partition coefficient (Wildman–Crippen LogP) is 3.34. The maximum atomic E-state index is 9.88. The van der Waals surface area contributed by atoms with Crippen molar-refractivity contribution in [1.82, 2.24) is 0 Å². The zero-order chi connectivity index (χ0) is 12.4. The van der Waals surface area contributed by atoms with E-state index in [1.54, 1.807) is 6.07 Å². The average molecular weight is 239 g/mol. The third-order valence-electron chi connectivity index (χ3n) is 3.53. The van der Waals surface area contributed by atoms with Gasteiger partial charge in [0.15, 0.2) is 0 Å². The van der Waals surface area contributed by atoms with E-state index in [0.717, 1.165) is 31.5 Å². The van der Waals surface area contributed by atoms with Crippen LogP contribution in [-0.4, -0.2) is 11.7 Å². The van der Waals surface area contributed by atoms with Crippen molar-refractivity contribution in [3.05, 3.63) is 59.2 Å². The number of hydrogen-bond donors (Lipinski definition) is 2. The van der Waals surface area contributed by atoms with Crippen LogP contribution in [0.3, 0.4) is 0 Å². The van der Waals surface area contributed by atoms with Crippen LogP contribution in [0, 0.1) is 0 Å². The number of phenols is 1. The number of rotatable bonds is 2. The van der Waals surface area contributed by atoms with Crippen molar-refractivity contribution in [3.63, 3.8) is 0 Å². The Labute approximate surface area is 107 Å². The second-order valence-electron chi connectivity index (χ2n) is 4.79. The molecule has 92 valence electrons. The molecule has 3 rings (SSSR count). The summed E-state index contributed by atoms with van der Waals surface area (Å²) in [4.78, 5) is 0. The molecule has 0 unspecified atom stereocenters. The highest BCUT2D eigenvalue weighted by molar-refractivity contribution is 5.65. The smallest absolute Gasteiger partial charge is 0.138 e. The van der Waals surface area contributed by atoms with Crippen LogP contribution in [0.5, 0.6) is 5.75 Å². The molecule has 1 heterocycles. The SMILES string of the molecule is Oc1ccc(Cc2ccccc2)c2c1NCCC2. The van der Waals surface area contributed by atoms with Gasteiger partial charge in [0.25, 0.3) is 0 Å². The highest BCUT2D eigenvalue weighted by Gasteiger charge is 2.16. The quantitative estimate of drug-likeness (QED) is 0.788. The van der Waals surface area contributed by atoms with E-state index < -0.39 is 0 Å². The van der Waals surface area contributed by atoms with Crippen molar-refractivity contribution in [1.29, 1.82) is 0 Å². The highest BCUT2D eigenvalue weighted by Crippen LogP contribution is 2.34. The number of fused-ring (bicyclic) bond motifs is 1. The molecular formula is C16H17NO. The van der Waals surface area contributed by atoms with E-state index >= 15 is 0 Å². The lowest BCUT2D eigenvalue weighted by atomic mass is 9.93. The summed E-state index contributed by atoms with van der Waals surface area (Å²) in [5.74, 6) is 0.376. The molecule has 1 aliphatic heterocycles. The molecule has 1 aliphatic rings. The minimum atomic E-state index is 0.376. The first-order chi connectivity index (χ1) is 8.84.